The monoisotopic (exact) mass is 316 g/mol. The number of ether oxygens (including phenoxy) is 1. The van der Waals surface area contributed by atoms with E-state index in [9.17, 15) is 0 Å². The first kappa shape index (κ1) is 8.94. The minimum Gasteiger partial charge on any atom is -0.497 e. The Labute approximate surface area is 75.2 Å². The average molecular weight is 315 g/mol. The van der Waals surface area contributed by atoms with Crippen LogP contribution in [0.3, 0.4) is 0 Å². The van der Waals surface area contributed by atoms with Gasteiger partial charge >= 0.3 is 0 Å². The van der Waals surface area contributed by atoms with Crippen molar-refractivity contribution in [3.63, 3.8) is 0 Å². The van der Waals surface area contributed by atoms with Crippen LogP contribution >= 0.6 is 0 Å². The molecule has 9 heavy (non-hydrogen) atoms. The zero-order valence-corrected chi connectivity index (χ0v) is 9.18. The summed E-state index contributed by atoms with van der Waals surface area (Å²) in [6.45, 7) is 0. The van der Waals surface area contributed by atoms with Crippen LogP contribution in [0.1, 0.15) is 0 Å². The third-order valence-corrected chi connectivity index (χ3v) is 0.979. The molecule has 1 aromatic carbocycles. The van der Waals surface area contributed by atoms with Crippen molar-refractivity contribution in [2.75, 3.05) is 7.11 Å². The molecule has 46 valence electrons. The predicted octanol–water partition coefficient (Wildman–Crippen LogP) is 1.31. The van der Waals surface area contributed by atoms with Crippen LogP contribution in [0.25, 0.3) is 0 Å². The topological polar surface area (TPSA) is 9.23 Å². The minimum absolute atomic E-state index is 0. The van der Waals surface area contributed by atoms with E-state index in [4.69, 9.17) is 4.74 Å². The second-order valence-electron chi connectivity index (χ2n) is 1.52. The summed E-state index contributed by atoms with van der Waals surface area (Å²) in [6.07, 6.45) is 0. The van der Waals surface area contributed by atoms with Crippen LogP contribution in [0.5, 0.6) is 5.75 Å². The summed E-state index contributed by atoms with van der Waals surface area (Å²) in [7, 11) is 1.66. The maximum atomic E-state index is 4.91. The summed E-state index contributed by atoms with van der Waals surface area (Å²) >= 11 is 0. The first-order chi connectivity index (χ1) is 3.93. The van der Waals surface area contributed by atoms with Crippen molar-refractivity contribution in [3.8, 4) is 5.75 Å². The van der Waals surface area contributed by atoms with E-state index in [0.717, 1.165) is 5.75 Å². The number of methoxy groups -OCH3 is 1. The molecule has 0 heterocycles. The zero-order chi connectivity index (χ0) is 5.82. The molecule has 4 radical (unpaired) electrons. The summed E-state index contributed by atoms with van der Waals surface area (Å²) < 4.78 is 4.91. The fourth-order valence-electron chi connectivity index (χ4n) is 0.557. The molecule has 0 atom stereocenters. The molecule has 0 fully saturated rings. The predicted molar refractivity (Wildman–Crippen MR) is 38.7 cm³/mol. The van der Waals surface area contributed by atoms with Crippen molar-refractivity contribution in [1.82, 2.24) is 0 Å². The summed E-state index contributed by atoms with van der Waals surface area (Å²) in [5.74, 6) is 0.910. The molecule has 0 spiro atoms. The van der Waals surface area contributed by atoms with Crippen LogP contribution in [0.15, 0.2) is 30.3 Å². The average Bonchev–Trinajstić information content (AvgIpc) is 1.90. The number of hydrogen-bond acceptors (Lipinski definition) is 1. The van der Waals surface area contributed by atoms with Crippen LogP contribution in [-0.2, 0) is 0 Å². The van der Waals surface area contributed by atoms with Gasteiger partial charge in [-0.05, 0) is 12.1 Å². The summed E-state index contributed by atoms with van der Waals surface area (Å²) in [5, 5.41) is 0. The maximum Gasteiger partial charge on any atom is 0.118 e. The van der Waals surface area contributed by atoms with Gasteiger partial charge in [0.2, 0.25) is 0 Å². The van der Waals surface area contributed by atoms with E-state index in [0.29, 0.717) is 0 Å². The molecule has 1 aromatic rings. The van der Waals surface area contributed by atoms with Crippen molar-refractivity contribution in [2.24, 2.45) is 0 Å². The van der Waals surface area contributed by atoms with Gasteiger partial charge in [-0.15, -0.1) is 0 Å². The Kier molecular flexibility index (Phi) is 4.76. The van der Waals surface area contributed by atoms with Gasteiger partial charge < -0.3 is 4.74 Å². The Morgan fingerprint density at radius 1 is 1.11 bits per heavy atom. The van der Waals surface area contributed by atoms with Crippen molar-refractivity contribution in [1.29, 1.82) is 0 Å². The van der Waals surface area contributed by atoms with Crippen LogP contribution in [0.4, 0.5) is 0 Å². The van der Waals surface area contributed by atoms with Gasteiger partial charge in [-0.25, -0.2) is 0 Å². The van der Waals surface area contributed by atoms with Crippen molar-refractivity contribution < 1.29 is 4.74 Å². The van der Waals surface area contributed by atoms with Gasteiger partial charge in [0.1, 0.15) is 5.75 Å². The molecule has 0 aliphatic rings. The van der Waals surface area contributed by atoms with Crippen LogP contribution in [0, 0.1) is 0 Å². The molecule has 0 aromatic heterocycles. The van der Waals surface area contributed by atoms with E-state index in [2.05, 4.69) is 0 Å². The first-order valence-electron chi connectivity index (χ1n) is 2.52. The largest absolute Gasteiger partial charge is 0.497 e. The van der Waals surface area contributed by atoms with E-state index < -0.39 is 0 Å². The van der Waals surface area contributed by atoms with Gasteiger partial charge in [0.15, 0.2) is 0 Å². The maximum absolute atomic E-state index is 4.91. The van der Waals surface area contributed by atoms with Crippen molar-refractivity contribution >= 4 is 27.3 Å². The van der Waals surface area contributed by atoms with E-state index in [1.54, 1.807) is 7.11 Å². The normalized spacial score (nSPS) is 7.67. The summed E-state index contributed by atoms with van der Waals surface area (Å²) in [5.41, 5.74) is 0. The summed E-state index contributed by atoms with van der Waals surface area (Å²) in [4.78, 5) is 0. The Bertz CT molecular complexity index is 150. The Morgan fingerprint density at radius 3 is 2.00 bits per heavy atom. The molecular formula is C7H8OPb. The van der Waals surface area contributed by atoms with E-state index in [1.165, 1.54) is 0 Å². The van der Waals surface area contributed by atoms with Gasteiger partial charge in [0.25, 0.3) is 0 Å². The van der Waals surface area contributed by atoms with Gasteiger partial charge in [-0.1, -0.05) is 18.2 Å². The molecule has 1 nitrogen and oxygen atoms in total. The quantitative estimate of drug-likeness (QED) is 0.710. The molecule has 0 bridgehead atoms. The van der Waals surface area contributed by atoms with Gasteiger partial charge in [-0.2, -0.15) is 0 Å². The third-order valence-electron chi connectivity index (χ3n) is 0.979. The van der Waals surface area contributed by atoms with Crippen LogP contribution in [0.2, 0.25) is 0 Å². The first-order valence-corrected chi connectivity index (χ1v) is 2.52. The zero-order valence-electron chi connectivity index (χ0n) is 5.29. The van der Waals surface area contributed by atoms with E-state index >= 15 is 0 Å². The molecule has 0 aliphatic heterocycles. The standard InChI is InChI=1S/C7H8O.Pb/c1-8-7-5-3-2-4-6-7;/h2-6H,1H3;. The minimum atomic E-state index is 0. The molecule has 0 unspecified atom stereocenters. The fraction of sp³-hybridized carbons (Fsp3) is 0.143. The third kappa shape index (κ3) is 2.84. The molecule has 0 saturated heterocycles. The van der Waals surface area contributed by atoms with E-state index in [-0.39, 0.29) is 27.3 Å². The smallest absolute Gasteiger partial charge is 0.118 e. The molecule has 0 saturated carbocycles. The number of hydrogen-bond donors (Lipinski definition) is 0. The second-order valence-corrected chi connectivity index (χ2v) is 1.52. The van der Waals surface area contributed by atoms with Crippen molar-refractivity contribution in [2.45, 2.75) is 0 Å². The molecule has 2 heteroatoms. The van der Waals surface area contributed by atoms with Gasteiger partial charge in [-0.3, -0.25) is 0 Å². The van der Waals surface area contributed by atoms with Crippen LogP contribution in [-0.4, -0.2) is 34.4 Å². The second kappa shape index (κ2) is 4.79. The molecule has 1 rings (SSSR count). The number of rotatable bonds is 1. The van der Waals surface area contributed by atoms with E-state index in [1.807, 2.05) is 30.3 Å². The van der Waals surface area contributed by atoms with Gasteiger partial charge in [0.05, 0.1) is 7.11 Å². The number of para-hydroxylation sites is 1. The fourth-order valence-corrected chi connectivity index (χ4v) is 0.557. The Morgan fingerprint density at radius 2 is 1.67 bits per heavy atom. The van der Waals surface area contributed by atoms with Crippen molar-refractivity contribution in [3.05, 3.63) is 30.3 Å². The van der Waals surface area contributed by atoms with Gasteiger partial charge in [0, 0.05) is 27.3 Å². The Hall–Kier alpha value is -0.0579. The molecule has 0 N–H and O–H groups in total. The van der Waals surface area contributed by atoms with Crippen LogP contribution < -0.4 is 4.74 Å². The number of benzene rings is 1. The summed E-state index contributed by atoms with van der Waals surface area (Å²) in [6, 6.07) is 9.68. The SMILES string of the molecule is COc1ccccc1.[Pb]. The molecule has 0 aliphatic carbocycles. The Balaban J connectivity index is 0.000000640. The molecular weight excluding hydrogens is 307 g/mol. The molecule has 0 amide bonds.